The molecular weight excluding hydrogens is 236 g/mol. The zero-order valence-corrected chi connectivity index (χ0v) is 11.8. The van der Waals surface area contributed by atoms with Gasteiger partial charge >= 0.3 is 0 Å². The molecule has 0 aliphatic carbocycles. The minimum absolute atomic E-state index is 0.697. The van der Waals surface area contributed by atoms with Crippen molar-refractivity contribution in [3.05, 3.63) is 29.3 Å². The summed E-state index contributed by atoms with van der Waals surface area (Å²) in [4.78, 5) is 2.64. The van der Waals surface area contributed by atoms with Crippen LogP contribution in [0.5, 0.6) is 5.75 Å². The molecule has 0 aromatic heterocycles. The Morgan fingerprint density at radius 1 is 1.37 bits per heavy atom. The van der Waals surface area contributed by atoms with Gasteiger partial charge in [0, 0.05) is 25.6 Å². The Morgan fingerprint density at radius 3 is 3.21 bits per heavy atom. The van der Waals surface area contributed by atoms with Gasteiger partial charge in [0.2, 0.25) is 0 Å². The number of benzene rings is 1. The molecule has 2 heterocycles. The van der Waals surface area contributed by atoms with E-state index >= 15 is 0 Å². The average Bonchev–Trinajstić information content (AvgIpc) is 2.89. The van der Waals surface area contributed by atoms with Crippen molar-refractivity contribution in [2.75, 3.05) is 26.7 Å². The van der Waals surface area contributed by atoms with Crippen molar-refractivity contribution in [2.24, 2.45) is 0 Å². The SMILES string of the molecule is CNCC1CCCCN1Cc1ccc2c(c1)CCO2. The first-order chi connectivity index (χ1) is 9.36. The van der Waals surface area contributed by atoms with Crippen molar-refractivity contribution in [3.8, 4) is 5.75 Å². The molecule has 3 rings (SSSR count). The molecule has 2 aliphatic heterocycles. The molecule has 1 saturated heterocycles. The molecule has 3 heteroatoms. The number of fused-ring (bicyclic) bond motifs is 1. The van der Waals surface area contributed by atoms with E-state index in [1.54, 1.807) is 0 Å². The first-order valence-corrected chi connectivity index (χ1v) is 7.50. The highest BCUT2D eigenvalue weighted by atomic mass is 16.5. The summed E-state index contributed by atoms with van der Waals surface area (Å²) in [6, 6.07) is 7.42. The van der Waals surface area contributed by atoms with Crippen LogP contribution in [0.15, 0.2) is 18.2 Å². The minimum Gasteiger partial charge on any atom is -0.493 e. The highest BCUT2D eigenvalue weighted by Gasteiger charge is 2.22. The van der Waals surface area contributed by atoms with Gasteiger partial charge in [-0.1, -0.05) is 18.6 Å². The maximum atomic E-state index is 5.58. The lowest BCUT2D eigenvalue weighted by atomic mass is 10.0. The Balaban J connectivity index is 1.69. The first-order valence-electron chi connectivity index (χ1n) is 7.50. The maximum absolute atomic E-state index is 5.58. The van der Waals surface area contributed by atoms with Crippen LogP contribution in [0, 0.1) is 0 Å². The van der Waals surface area contributed by atoms with Gasteiger partial charge in [-0.25, -0.2) is 0 Å². The van der Waals surface area contributed by atoms with Crippen LogP contribution in [0.3, 0.4) is 0 Å². The third kappa shape index (κ3) is 2.93. The van der Waals surface area contributed by atoms with Crippen LogP contribution in [-0.4, -0.2) is 37.7 Å². The van der Waals surface area contributed by atoms with Crippen molar-refractivity contribution < 1.29 is 4.74 Å². The van der Waals surface area contributed by atoms with E-state index in [0.29, 0.717) is 6.04 Å². The van der Waals surface area contributed by atoms with E-state index in [1.165, 1.54) is 36.9 Å². The van der Waals surface area contributed by atoms with Gasteiger partial charge in [-0.05, 0) is 43.6 Å². The fourth-order valence-electron chi connectivity index (χ4n) is 3.31. The van der Waals surface area contributed by atoms with E-state index in [2.05, 4.69) is 35.5 Å². The van der Waals surface area contributed by atoms with Crippen molar-refractivity contribution in [1.29, 1.82) is 0 Å². The lowest BCUT2D eigenvalue weighted by Crippen LogP contribution is -2.44. The number of piperidine rings is 1. The molecule has 0 radical (unpaired) electrons. The molecule has 2 aliphatic rings. The Bertz CT molecular complexity index is 431. The van der Waals surface area contributed by atoms with Gasteiger partial charge in [0.1, 0.15) is 5.75 Å². The second-order valence-corrected chi connectivity index (χ2v) is 5.72. The molecule has 1 N–H and O–H groups in total. The number of hydrogen-bond acceptors (Lipinski definition) is 3. The summed E-state index contributed by atoms with van der Waals surface area (Å²) in [6.45, 7) is 4.28. The van der Waals surface area contributed by atoms with Crippen LogP contribution < -0.4 is 10.1 Å². The highest BCUT2D eigenvalue weighted by molar-refractivity contribution is 5.39. The maximum Gasteiger partial charge on any atom is 0.122 e. The number of hydrogen-bond donors (Lipinski definition) is 1. The van der Waals surface area contributed by atoms with E-state index in [0.717, 1.165) is 31.9 Å². The molecule has 0 bridgehead atoms. The predicted molar refractivity (Wildman–Crippen MR) is 77.6 cm³/mol. The van der Waals surface area contributed by atoms with Gasteiger partial charge in [-0.3, -0.25) is 4.90 Å². The van der Waals surface area contributed by atoms with Crippen LogP contribution in [-0.2, 0) is 13.0 Å². The third-order valence-corrected chi connectivity index (χ3v) is 4.33. The van der Waals surface area contributed by atoms with Gasteiger partial charge in [-0.15, -0.1) is 0 Å². The molecule has 1 fully saturated rings. The topological polar surface area (TPSA) is 24.5 Å². The summed E-state index contributed by atoms with van der Waals surface area (Å²) in [5.41, 5.74) is 2.83. The van der Waals surface area contributed by atoms with Crippen LogP contribution >= 0.6 is 0 Å². The molecule has 104 valence electrons. The number of likely N-dealkylation sites (tertiary alicyclic amines) is 1. The number of nitrogens with zero attached hydrogens (tertiary/aromatic N) is 1. The van der Waals surface area contributed by atoms with Crippen LogP contribution in [0.2, 0.25) is 0 Å². The normalized spacial score (nSPS) is 23.1. The zero-order chi connectivity index (χ0) is 13.1. The molecule has 0 saturated carbocycles. The molecule has 1 aromatic rings. The number of rotatable bonds is 4. The monoisotopic (exact) mass is 260 g/mol. The molecular formula is C16H24N2O. The van der Waals surface area contributed by atoms with E-state index in [4.69, 9.17) is 4.74 Å². The molecule has 19 heavy (non-hydrogen) atoms. The van der Waals surface area contributed by atoms with E-state index in [1.807, 2.05) is 0 Å². The van der Waals surface area contributed by atoms with E-state index in [9.17, 15) is 0 Å². The van der Waals surface area contributed by atoms with E-state index < -0.39 is 0 Å². The average molecular weight is 260 g/mol. The smallest absolute Gasteiger partial charge is 0.122 e. The fraction of sp³-hybridized carbons (Fsp3) is 0.625. The third-order valence-electron chi connectivity index (χ3n) is 4.33. The summed E-state index contributed by atoms with van der Waals surface area (Å²) < 4.78 is 5.58. The Morgan fingerprint density at radius 2 is 2.32 bits per heavy atom. The highest BCUT2D eigenvalue weighted by Crippen LogP contribution is 2.27. The summed E-state index contributed by atoms with van der Waals surface area (Å²) >= 11 is 0. The number of nitrogens with one attached hydrogen (secondary N) is 1. The molecule has 1 atom stereocenters. The summed E-state index contributed by atoms with van der Waals surface area (Å²) in [7, 11) is 2.06. The van der Waals surface area contributed by atoms with Crippen LogP contribution in [0.1, 0.15) is 30.4 Å². The fourth-order valence-corrected chi connectivity index (χ4v) is 3.31. The van der Waals surface area contributed by atoms with Gasteiger partial charge in [-0.2, -0.15) is 0 Å². The first kappa shape index (κ1) is 12.9. The summed E-state index contributed by atoms with van der Waals surface area (Å²) in [5.74, 6) is 1.09. The second kappa shape index (κ2) is 5.93. The molecule has 0 amide bonds. The van der Waals surface area contributed by atoms with Crippen molar-refractivity contribution in [2.45, 2.75) is 38.3 Å². The number of likely N-dealkylation sites (N-methyl/N-ethyl adjacent to an activating group) is 1. The lowest BCUT2D eigenvalue weighted by Gasteiger charge is -2.35. The van der Waals surface area contributed by atoms with Gasteiger partial charge in [0.25, 0.3) is 0 Å². The second-order valence-electron chi connectivity index (χ2n) is 5.72. The standard InChI is InChI=1S/C16H24N2O/c1-17-11-15-4-2-3-8-18(15)12-13-5-6-16-14(10-13)7-9-19-16/h5-6,10,15,17H,2-4,7-9,11-12H2,1H3. The molecule has 1 unspecified atom stereocenters. The van der Waals surface area contributed by atoms with Crippen LogP contribution in [0.25, 0.3) is 0 Å². The summed E-state index contributed by atoms with van der Waals surface area (Å²) in [5, 5.41) is 3.33. The predicted octanol–water partition coefficient (Wildman–Crippen LogP) is 2.20. The lowest BCUT2D eigenvalue weighted by molar-refractivity contribution is 0.139. The number of ether oxygens (including phenoxy) is 1. The van der Waals surface area contributed by atoms with Crippen molar-refractivity contribution in [1.82, 2.24) is 10.2 Å². The quantitative estimate of drug-likeness (QED) is 0.898. The molecule has 1 aromatic carbocycles. The van der Waals surface area contributed by atoms with Gasteiger partial charge in [0.05, 0.1) is 6.61 Å². The minimum atomic E-state index is 0.697. The summed E-state index contributed by atoms with van der Waals surface area (Å²) in [6.07, 6.45) is 5.12. The molecule has 0 spiro atoms. The Hall–Kier alpha value is -1.06. The Kier molecular flexibility index (Phi) is 4.04. The molecule has 3 nitrogen and oxygen atoms in total. The largest absolute Gasteiger partial charge is 0.493 e. The van der Waals surface area contributed by atoms with Gasteiger partial charge in [0.15, 0.2) is 0 Å². The van der Waals surface area contributed by atoms with Crippen molar-refractivity contribution >= 4 is 0 Å². The van der Waals surface area contributed by atoms with Crippen LogP contribution in [0.4, 0.5) is 0 Å². The van der Waals surface area contributed by atoms with Gasteiger partial charge < -0.3 is 10.1 Å². The van der Waals surface area contributed by atoms with E-state index in [-0.39, 0.29) is 0 Å². The van der Waals surface area contributed by atoms with Crippen molar-refractivity contribution in [3.63, 3.8) is 0 Å². The zero-order valence-electron chi connectivity index (χ0n) is 11.8. The Labute approximate surface area is 115 Å².